The Bertz CT molecular complexity index is 337. The molecule has 1 aromatic rings. The Morgan fingerprint density at radius 1 is 1.08 bits per heavy atom. The van der Waals surface area contributed by atoms with Crippen LogP contribution in [-0.2, 0) is 4.32 Å². The fourth-order valence-corrected chi connectivity index (χ4v) is 2.13. The summed E-state index contributed by atoms with van der Waals surface area (Å²) in [5, 5.41) is 0. The maximum Gasteiger partial charge on any atom is 0.0723 e. The third-order valence-corrected chi connectivity index (χ3v) is 3.32. The first kappa shape index (κ1) is 8.76. The van der Waals surface area contributed by atoms with Crippen molar-refractivity contribution in [1.29, 1.82) is 0 Å². The Morgan fingerprint density at radius 2 is 1.85 bits per heavy atom. The highest BCUT2D eigenvalue weighted by Gasteiger charge is 2.24. The van der Waals surface area contributed by atoms with Crippen molar-refractivity contribution >= 4 is 15.9 Å². The Balaban J connectivity index is 2.35. The summed E-state index contributed by atoms with van der Waals surface area (Å²) in [6, 6.07) is 10.5. The summed E-state index contributed by atoms with van der Waals surface area (Å²) in [6.07, 6.45) is 9.57. The van der Waals surface area contributed by atoms with Crippen LogP contribution in [0.2, 0.25) is 0 Å². The standard InChI is InChI=1S/C12H11Br/c13-12(9-5-2-6-10-12)11-7-3-1-4-8-11/h1-9H,10H2. The van der Waals surface area contributed by atoms with Crippen LogP contribution < -0.4 is 0 Å². The summed E-state index contributed by atoms with van der Waals surface area (Å²) in [6.45, 7) is 0. The number of alkyl halides is 1. The van der Waals surface area contributed by atoms with Crippen LogP contribution in [0.5, 0.6) is 0 Å². The molecule has 1 atom stereocenters. The molecular weight excluding hydrogens is 224 g/mol. The van der Waals surface area contributed by atoms with Crippen LogP contribution in [0.15, 0.2) is 54.6 Å². The molecule has 0 bridgehead atoms. The van der Waals surface area contributed by atoms with E-state index < -0.39 is 0 Å². The van der Waals surface area contributed by atoms with Crippen molar-refractivity contribution in [3.63, 3.8) is 0 Å². The van der Waals surface area contributed by atoms with Gasteiger partial charge in [-0.15, -0.1) is 0 Å². The molecule has 1 aromatic carbocycles. The molecule has 13 heavy (non-hydrogen) atoms. The van der Waals surface area contributed by atoms with E-state index in [1.807, 2.05) is 6.07 Å². The second-order valence-corrected chi connectivity index (χ2v) is 4.63. The largest absolute Gasteiger partial charge is 0.0825 e. The zero-order chi connectivity index (χ0) is 9.15. The smallest absolute Gasteiger partial charge is 0.0723 e. The molecule has 2 rings (SSSR count). The molecule has 1 aliphatic carbocycles. The van der Waals surface area contributed by atoms with Crippen molar-refractivity contribution < 1.29 is 0 Å². The lowest BCUT2D eigenvalue weighted by Crippen LogP contribution is -2.14. The average Bonchev–Trinajstić information content (AvgIpc) is 2.20. The van der Waals surface area contributed by atoms with E-state index in [0.717, 1.165) is 6.42 Å². The van der Waals surface area contributed by atoms with Crippen molar-refractivity contribution in [3.8, 4) is 0 Å². The third kappa shape index (κ3) is 1.75. The number of hydrogen-bond donors (Lipinski definition) is 0. The first-order valence-electron chi connectivity index (χ1n) is 4.40. The normalized spacial score (nSPS) is 26.2. The molecule has 0 saturated carbocycles. The monoisotopic (exact) mass is 234 g/mol. The number of allylic oxidation sites excluding steroid dienone is 4. The van der Waals surface area contributed by atoms with Crippen LogP contribution in [0, 0.1) is 0 Å². The Labute approximate surface area is 87.1 Å². The van der Waals surface area contributed by atoms with Crippen LogP contribution in [0.25, 0.3) is 0 Å². The van der Waals surface area contributed by atoms with Gasteiger partial charge in [-0.3, -0.25) is 0 Å². The Kier molecular flexibility index (Phi) is 2.36. The molecule has 0 fully saturated rings. The van der Waals surface area contributed by atoms with Crippen molar-refractivity contribution in [2.45, 2.75) is 10.7 Å². The van der Waals surface area contributed by atoms with Gasteiger partial charge in [-0.05, 0) is 12.0 Å². The van der Waals surface area contributed by atoms with Crippen LogP contribution in [0.4, 0.5) is 0 Å². The van der Waals surface area contributed by atoms with E-state index >= 15 is 0 Å². The third-order valence-electron chi connectivity index (χ3n) is 2.28. The SMILES string of the molecule is BrC1(c2ccccc2)C=CC=CC1. The first-order chi connectivity index (χ1) is 6.31. The van der Waals surface area contributed by atoms with Crippen molar-refractivity contribution in [2.24, 2.45) is 0 Å². The van der Waals surface area contributed by atoms with E-state index in [-0.39, 0.29) is 4.32 Å². The molecule has 66 valence electrons. The molecule has 0 aliphatic heterocycles. The summed E-state index contributed by atoms with van der Waals surface area (Å²) in [5.41, 5.74) is 1.32. The summed E-state index contributed by atoms with van der Waals surface area (Å²) in [4.78, 5) is 0. The molecule has 0 amide bonds. The van der Waals surface area contributed by atoms with Gasteiger partial charge in [0.05, 0.1) is 4.32 Å². The minimum Gasteiger partial charge on any atom is -0.0825 e. The minimum absolute atomic E-state index is 0.0169. The average molecular weight is 235 g/mol. The predicted octanol–water partition coefficient (Wildman–Crippen LogP) is 3.79. The van der Waals surface area contributed by atoms with Crippen molar-refractivity contribution in [3.05, 3.63) is 60.2 Å². The molecule has 0 spiro atoms. The predicted molar refractivity (Wildman–Crippen MR) is 59.9 cm³/mol. The number of hydrogen-bond acceptors (Lipinski definition) is 0. The second-order valence-electron chi connectivity index (χ2n) is 3.22. The molecular formula is C12H11Br. The van der Waals surface area contributed by atoms with E-state index in [1.165, 1.54) is 5.56 Å². The minimum atomic E-state index is 0.0169. The summed E-state index contributed by atoms with van der Waals surface area (Å²) in [5.74, 6) is 0. The zero-order valence-electron chi connectivity index (χ0n) is 7.28. The van der Waals surface area contributed by atoms with Gasteiger partial charge in [0.1, 0.15) is 0 Å². The van der Waals surface area contributed by atoms with Gasteiger partial charge < -0.3 is 0 Å². The molecule has 0 N–H and O–H groups in total. The maximum absolute atomic E-state index is 3.77. The van der Waals surface area contributed by atoms with Crippen molar-refractivity contribution in [1.82, 2.24) is 0 Å². The fraction of sp³-hybridized carbons (Fsp3) is 0.167. The molecule has 1 unspecified atom stereocenters. The molecule has 0 saturated heterocycles. The number of halogens is 1. The van der Waals surface area contributed by atoms with Crippen LogP contribution in [-0.4, -0.2) is 0 Å². The van der Waals surface area contributed by atoms with Crippen LogP contribution in [0.3, 0.4) is 0 Å². The number of rotatable bonds is 1. The van der Waals surface area contributed by atoms with E-state index in [9.17, 15) is 0 Å². The molecule has 0 heterocycles. The maximum atomic E-state index is 3.77. The van der Waals surface area contributed by atoms with Gasteiger partial charge in [0.25, 0.3) is 0 Å². The van der Waals surface area contributed by atoms with E-state index in [0.29, 0.717) is 0 Å². The zero-order valence-corrected chi connectivity index (χ0v) is 8.87. The molecule has 1 heteroatoms. The van der Waals surface area contributed by atoms with Gasteiger partial charge in [0.15, 0.2) is 0 Å². The summed E-state index contributed by atoms with van der Waals surface area (Å²) in [7, 11) is 0. The second kappa shape index (κ2) is 3.51. The lowest BCUT2D eigenvalue weighted by molar-refractivity contribution is 0.797. The topological polar surface area (TPSA) is 0 Å². The van der Waals surface area contributed by atoms with E-state index in [2.05, 4.69) is 64.5 Å². The lowest BCUT2D eigenvalue weighted by atomic mass is 9.92. The van der Waals surface area contributed by atoms with Gasteiger partial charge >= 0.3 is 0 Å². The number of benzene rings is 1. The highest BCUT2D eigenvalue weighted by Crippen LogP contribution is 2.38. The van der Waals surface area contributed by atoms with Gasteiger partial charge in [0, 0.05) is 0 Å². The fourth-order valence-electron chi connectivity index (χ4n) is 1.52. The highest BCUT2D eigenvalue weighted by molar-refractivity contribution is 9.09. The quantitative estimate of drug-likeness (QED) is 0.649. The molecule has 0 nitrogen and oxygen atoms in total. The summed E-state index contributed by atoms with van der Waals surface area (Å²) >= 11 is 3.77. The van der Waals surface area contributed by atoms with Crippen molar-refractivity contribution in [2.75, 3.05) is 0 Å². The van der Waals surface area contributed by atoms with Gasteiger partial charge in [0.2, 0.25) is 0 Å². The Morgan fingerprint density at radius 3 is 2.46 bits per heavy atom. The molecule has 0 radical (unpaired) electrons. The first-order valence-corrected chi connectivity index (χ1v) is 5.19. The molecule has 1 aliphatic rings. The summed E-state index contributed by atoms with van der Waals surface area (Å²) < 4.78 is 0.0169. The highest BCUT2D eigenvalue weighted by atomic mass is 79.9. The lowest BCUT2D eigenvalue weighted by Gasteiger charge is -2.24. The van der Waals surface area contributed by atoms with Gasteiger partial charge in [-0.2, -0.15) is 0 Å². The van der Waals surface area contributed by atoms with Gasteiger partial charge in [-0.25, -0.2) is 0 Å². The van der Waals surface area contributed by atoms with E-state index in [1.54, 1.807) is 0 Å². The van der Waals surface area contributed by atoms with Crippen LogP contribution >= 0.6 is 15.9 Å². The van der Waals surface area contributed by atoms with Crippen LogP contribution in [0.1, 0.15) is 12.0 Å². The molecule has 0 aromatic heterocycles. The van der Waals surface area contributed by atoms with Gasteiger partial charge in [-0.1, -0.05) is 70.6 Å². The van der Waals surface area contributed by atoms with E-state index in [4.69, 9.17) is 0 Å². The Hall–Kier alpha value is -0.820.